The smallest absolute Gasteiger partial charge is 0.238 e. The minimum atomic E-state index is -0.297. The number of carbonyl (C=O) groups is 1. The Balaban J connectivity index is 1.91. The summed E-state index contributed by atoms with van der Waals surface area (Å²) in [5, 5.41) is 5.09. The lowest BCUT2D eigenvalue weighted by molar-refractivity contribution is -0.121. The number of hydrogen-bond donors (Lipinski definition) is 2. The van der Waals surface area contributed by atoms with Gasteiger partial charge in [-0.25, -0.2) is 0 Å². The number of amides is 1. The summed E-state index contributed by atoms with van der Waals surface area (Å²) in [6.45, 7) is 4.38. The lowest BCUT2D eigenvalue weighted by atomic mass is 9.84. The molecule has 1 aromatic carbocycles. The molecule has 130 valence electrons. The van der Waals surface area contributed by atoms with Crippen molar-refractivity contribution in [1.29, 1.82) is 0 Å². The van der Waals surface area contributed by atoms with Crippen LogP contribution in [0.5, 0.6) is 0 Å². The van der Waals surface area contributed by atoms with Crippen LogP contribution in [0.2, 0.25) is 5.02 Å². The van der Waals surface area contributed by atoms with Crippen LogP contribution in [-0.4, -0.2) is 44.0 Å². The number of carbonyl (C=O) groups excluding carboxylic acids is 1. The number of hydrazone groups is 1. The van der Waals surface area contributed by atoms with Gasteiger partial charge in [0.2, 0.25) is 5.91 Å². The van der Waals surface area contributed by atoms with Crippen LogP contribution in [-0.2, 0) is 9.53 Å². The molecule has 1 aromatic rings. The van der Waals surface area contributed by atoms with Crippen LogP contribution in [0.3, 0.4) is 0 Å². The van der Waals surface area contributed by atoms with Gasteiger partial charge in [0.15, 0.2) is 0 Å². The monoisotopic (exact) mass is 350 g/mol. The summed E-state index contributed by atoms with van der Waals surface area (Å²) in [5.41, 5.74) is 11.3. The van der Waals surface area contributed by atoms with Crippen molar-refractivity contribution in [2.24, 2.45) is 16.8 Å². The number of benzene rings is 1. The van der Waals surface area contributed by atoms with Crippen LogP contribution >= 0.6 is 11.6 Å². The third-order valence-corrected chi connectivity index (χ3v) is 4.70. The van der Waals surface area contributed by atoms with E-state index >= 15 is 0 Å². The standard InChI is InChI=1S/C17H23ClN4O2/c1-2-24-9-6-13-15-16(21-20-13)12-10-11(18)4-5-14(12)22(17(15)23)8-3-7-19/h4-5,10,13,15,20H,2-3,6-9,19H2,1H3. The summed E-state index contributed by atoms with van der Waals surface area (Å²) in [6, 6.07) is 5.53. The van der Waals surface area contributed by atoms with Crippen molar-refractivity contribution in [1.82, 2.24) is 5.43 Å². The minimum Gasteiger partial charge on any atom is -0.382 e. The minimum absolute atomic E-state index is 0.0495. The van der Waals surface area contributed by atoms with Crippen LogP contribution in [0, 0.1) is 5.92 Å². The predicted molar refractivity (Wildman–Crippen MR) is 95.5 cm³/mol. The summed E-state index contributed by atoms with van der Waals surface area (Å²) < 4.78 is 5.44. The molecule has 0 spiro atoms. The van der Waals surface area contributed by atoms with Gasteiger partial charge in [-0.3, -0.25) is 4.79 Å². The first-order valence-electron chi connectivity index (χ1n) is 8.39. The Morgan fingerprint density at radius 2 is 2.29 bits per heavy atom. The Morgan fingerprint density at radius 1 is 1.46 bits per heavy atom. The zero-order chi connectivity index (χ0) is 17.1. The lowest BCUT2D eigenvalue weighted by Crippen LogP contribution is -2.49. The van der Waals surface area contributed by atoms with Gasteiger partial charge in [-0.1, -0.05) is 11.6 Å². The normalized spacial score (nSPS) is 22.0. The Kier molecular flexibility index (Phi) is 5.38. The third kappa shape index (κ3) is 3.14. The topological polar surface area (TPSA) is 79.9 Å². The molecule has 2 aliphatic heterocycles. The summed E-state index contributed by atoms with van der Waals surface area (Å²) in [5.74, 6) is -0.224. The van der Waals surface area contributed by atoms with E-state index in [4.69, 9.17) is 22.1 Å². The van der Waals surface area contributed by atoms with Gasteiger partial charge in [0.25, 0.3) is 0 Å². The number of nitrogens with one attached hydrogen (secondary N) is 1. The second-order valence-corrected chi connectivity index (χ2v) is 6.43. The SMILES string of the molecule is CCOCCC1NN=C2c3cc(Cl)ccc3N(CCCN)C(=O)C21. The maximum absolute atomic E-state index is 13.1. The van der Waals surface area contributed by atoms with Gasteiger partial charge in [-0.05, 0) is 44.5 Å². The average molecular weight is 351 g/mol. The number of halogens is 1. The molecule has 0 saturated carbocycles. The molecule has 1 amide bonds. The van der Waals surface area contributed by atoms with Gasteiger partial charge in [0.05, 0.1) is 17.4 Å². The molecule has 3 N–H and O–H groups in total. The van der Waals surface area contributed by atoms with Crippen molar-refractivity contribution in [3.63, 3.8) is 0 Å². The van der Waals surface area contributed by atoms with Gasteiger partial charge in [0.1, 0.15) is 5.92 Å². The second kappa shape index (κ2) is 7.51. The van der Waals surface area contributed by atoms with E-state index < -0.39 is 0 Å². The van der Waals surface area contributed by atoms with E-state index in [1.165, 1.54) is 0 Å². The number of rotatable bonds is 7. The van der Waals surface area contributed by atoms with Crippen LogP contribution < -0.4 is 16.1 Å². The quantitative estimate of drug-likeness (QED) is 0.734. The first-order valence-corrected chi connectivity index (χ1v) is 8.77. The molecule has 6 nitrogen and oxygen atoms in total. The Bertz CT molecular complexity index is 649. The van der Waals surface area contributed by atoms with Crippen molar-refractivity contribution >= 4 is 28.9 Å². The predicted octanol–water partition coefficient (Wildman–Crippen LogP) is 1.75. The first-order chi connectivity index (χ1) is 11.7. The van der Waals surface area contributed by atoms with Crippen molar-refractivity contribution < 1.29 is 9.53 Å². The average Bonchev–Trinajstić information content (AvgIpc) is 3.00. The molecule has 2 aliphatic rings. The van der Waals surface area contributed by atoms with E-state index in [1.807, 2.05) is 24.0 Å². The lowest BCUT2D eigenvalue weighted by Gasteiger charge is -2.34. The zero-order valence-electron chi connectivity index (χ0n) is 13.8. The van der Waals surface area contributed by atoms with Gasteiger partial charge in [-0.15, -0.1) is 0 Å². The third-order valence-electron chi connectivity index (χ3n) is 4.47. The largest absolute Gasteiger partial charge is 0.382 e. The number of hydrogen-bond acceptors (Lipinski definition) is 5. The number of ether oxygens (including phenoxy) is 1. The van der Waals surface area contributed by atoms with Crippen LogP contribution in [0.25, 0.3) is 0 Å². The zero-order valence-corrected chi connectivity index (χ0v) is 14.6. The fourth-order valence-corrected chi connectivity index (χ4v) is 3.48. The molecule has 0 saturated heterocycles. The van der Waals surface area contributed by atoms with Crippen molar-refractivity contribution in [2.75, 3.05) is 31.2 Å². The fraction of sp³-hybridized carbons (Fsp3) is 0.529. The highest BCUT2D eigenvalue weighted by Crippen LogP contribution is 2.37. The van der Waals surface area contributed by atoms with Gasteiger partial charge in [-0.2, -0.15) is 5.10 Å². The first kappa shape index (κ1) is 17.2. The summed E-state index contributed by atoms with van der Waals surface area (Å²) >= 11 is 6.18. The molecule has 2 heterocycles. The maximum atomic E-state index is 13.1. The van der Waals surface area contributed by atoms with Crippen molar-refractivity contribution in [3.8, 4) is 0 Å². The molecular weight excluding hydrogens is 328 g/mol. The van der Waals surface area contributed by atoms with Gasteiger partial charge >= 0.3 is 0 Å². The molecule has 24 heavy (non-hydrogen) atoms. The summed E-state index contributed by atoms with van der Waals surface area (Å²) in [7, 11) is 0. The number of nitrogens with zero attached hydrogens (tertiary/aromatic N) is 2. The Morgan fingerprint density at radius 3 is 3.04 bits per heavy atom. The van der Waals surface area contributed by atoms with Gasteiger partial charge in [0, 0.05) is 30.3 Å². The van der Waals surface area contributed by atoms with Crippen LogP contribution in [0.4, 0.5) is 5.69 Å². The molecule has 2 unspecified atom stereocenters. The molecule has 7 heteroatoms. The summed E-state index contributed by atoms with van der Waals surface area (Å²) in [6.07, 6.45) is 1.49. The molecule has 0 aliphatic carbocycles. The molecule has 0 fully saturated rings. The fourth-order valence-electron chi connectivity index (χ4n) is 3.31. The molecule has 0 radical (unpaired) electrons. The second-order valence-electron chi connectivity index (χ2n) is 5.99. The van der Waals surface area contributed by atoms with E-state index in [1.54, 1.807) is 6.07 Å². The van der Waals surface area contributed by atoms with E-state index in [2.05, 4.69) is 10.5 Å². The van der Waals surface area contributed by atoms with Crippen molar-refractivity contribution in [2.45, 2.75) is 25.8 Å². The molecule has 0 bridgehead atoms. The molecule has 0 aromatic heterocycles. The highest BCUT2D eigenvalue weighted by molar-refractivity contribution is 6.32. The molecule has 2 atom stereocenters. The van der Waals surface area contributed by atoms with E-state index in [9.17, 15) is 4.79 Å². The van der Waals surface area contributed by atoms with E-state index in [0.717, 1.165) is 29.8 Å². The van der Waals surface area contributed by atoms with Crippen LogP contribution in [0.1, 0.15) is 25.3 Å². The molecule has 3 rings (SSSR count). The number of anilines is 1. The molecular formula is C17H23ClN4O2. The Hall–Kier alpha value is -1.63. The number of fused-ring (bicyclic) bond motifs is 3. The van der Waals surface area contributed by atoms with E-state index in [0.29, 0.717) is 31.3 Å². The van der Waals surface area contributed by atoms with E-state index in [-0.39, 0.29) is 17.9 Å². The van der Waals surface area contributed by atoms with Crippen molar-refractivity contribution in [3.05, 3.63) is 28.8 Å². The highest BCUT2D eigenvalue weighted by atomic mass is 35.5. The maximum Gasteiger partial charge on any atom is 0.238 e. The highest BCUT2D eigenvalue weighted by Gasteiger charge is 2.45. The summed E-state index contributed by atoms with van der Waals surface area (Å²) in [4.78, 5) is 14.9. The number of nitrogens with two attached hydrogens (primary N) is 1. The Labute approximate surface area is 147 Å². The van der Waals surface area contributed by atoms with Crippen LogP contribution in [0.15, 0.2) is 23.3 Å². The van der Waals surface area contributed by atoms with Gasteiger partial charge < -0.3 is 20.8 Å².